The number of aromatic nitrogens is 1. The number of pyridine rings is 1. The smallest absolute Gasteiger partial charge is 0.213 e. The molecule has 2 aromatic rings. The summed E-state index contributed by atoms with van der Waals surface area (Å²) in [5, 5.41) is 0. The van der Waals surface area contributed by atoms with Crippen LogP contribution in [-0.4, -0.2) is 18.2 Å². The van der Waals surface area contributed by atoms with Crippen molar-refractivity contribution in [2.45, 2.75) is 5.88 Å². The molecule has 4 heteroatoms. The zero-order chi connectivity index (χ0) is 12.6. The normalized spacial score (nSPS) is 10.1. The first-order chi connectivity index (χ1) is 8.88. The second-order valence-corrected chi connectivity index (χ2v) is 3.92. The molecule has 0 bridgehead atoms. The molecule has 1 heterocycles. The van der Waals surface area contributed by atoms with Crippen LogP contribution in [0.5, 0.6) is 11.6 Å². The molecule has 0 amide bonds. The van der Waals surface area contributed by atoms with Crippen LogP contribution in [0.25, 0.3) is 0 Å². The molecule has 2 rings (SSSR count). The predicted molar refractivity (Wildman–Crippen MR) is 71.2 cm³/mol. The molecule has 0 N–H and O–H groups in total. The maximum atomic E-state index is 5.67. The molecule has 1 aromatic carbocycles. The third-order valence-corrected chi connectivity index (χ3v) is 2.61. The third-order valence-electron chi connectivity index (χ3n) is 2.30. The third kappa shape index (κ3) is 3.93. The average molecular weight is 264 g/mol. The van der Waals surface area contributed by atoms with Crippen molar-refractivity contribution in [3.8, 4) is 11.6 Å². The lowest BCUT2D eigenvalue weighted by Gasteiger charge is -2.07. The van der Waals surface area contributed by atoms with Gasteiger partial charge in [0, 0.05) is 18.1 Å². The quantitative estimate of drug-likeness (QED) is 0.592. The molecule has 0 fully saturated rings. The highest BCUT2D eigenvalue weighted by molar-refractivity contribution is 6.17. The molecule has 0 aliphatic rings. The molecule has 0 saturated carbocycles. The molecule has 3 nitrogen and oxygen atoms in total. The van der Waals surface area contributed by atoms with Gasteiger partial charge in [-0.3, -0.25) is 0 Å². The Labute approximate surface area is 111 Å². The highest BCUT2D eigenvalue weighted by Crippen LogP contribution is 2.10. The summed E-state index contributed by atoms with van der Waals surface area (Å²) in [4.78, 5) is 4.13. The lowest BCUT2D eigenvalue weighted by molar-refractivity contribution is 0.212. The molecule has 0 unspecified atom stereocenters. The van der Waals surface area contributed by atoms with Gasteiger partial charge in [-0.05, 0) is 17.7 Å². The second kappa shape index (κ2) is 6.87. The number of hydrogen-bond acceptors (Lipinski definition) is 3. The van der Waals surface area contributed by atoms with Gasteiger partial charge in [0.2, 0.25) is 5.88 Å². The summed E-state index contributed by atoms with van der Waals surface area (Å²) in [6, 6.07) is 13.3. The zero-order valence-electron chi connectivity index (χ0n) is 9.88. The Morgan fingerprint density at radius 1 is 0.944 bits per heavy atom. The van der Waals surface area contributed by atoms with Crippen molar-refractivity contribution < 1.29 is 9.47 Å². The van der Waals surface area contributed by atoms with Crippen molar-refractivity contribution >= 4 is 11.6 Å². The Bertz CT molecular complexity index is 459. The fraction of sp³-hybridized carbons (Fsp3) is 0.214. The van der Waals surface area contributed by atoms with Crippen molar-refractivity contribution in [3.63, 3.8) is 0 Å². The summed E-state index contributed by atoms with van der Waals surface area (Å²) in [7, 11) is 0. The van der Waals surface area contributed by atoms with Gasteiger partial charge in [0.25, 0.3) is 0 Å². The second-order valence-electron chi connectivity index (χ2n) is 3.65. The maximum absolute atomic E-state index is 5.67. The first-order valence-corrected chi connectivity index (χ1v) is 6.23. The van der Waals surface area contributed by atoms with Gasteiger partial charge >= 0.3 is 0 Å². The first kappa shape index (κ1) is 12.7. The number of halogens is 1. The van der Waals surface area contributed by atoms with Crippen molar-refractivity contribution in [2.75, 3.05) is 13.2 Å². The van der Waals surface area contributed by atoms with Gasteiger partial charge in [-0.1, -0.05) is 24.3 Å². The van der Waals surface area contributed by atoms with Gasteiger partial charge in [-0.2, -0.15) is 0 Å². The van der Waals surface area contributed by atoms with E-state index in [1.807, 2.05) is 36.4 Å². The molecule has 0 aliphatic carbocycles. The highest BCUT2D eigenvalue weighted by atomic mass is 35.5. The predicted octanol–water partition coefficient (Wildman–Crippen LogP) is 3.28. The van der Waals surface area contributed by atoms with Crippen LogP contribution in [-0.2, 0) is 5.88 Å². The Morgan fingerprint density at radius 3 is 2.39 bits per heavy atom. The fourth-order valence-corrected chi connectivity index (χ4v) is 1.56. The van der Waals surface area contributed by atoms with Crippen LogP contribution in [0.4, 0.5) is 0 Å². The Balaban J connectivity index is 1.72. The van der Waals surface area contributed by atoms with E-state index in [0.29, 0.717) is 25.0 Å². The lowest BCUT2D eigenvalue weighted by Crippen LogP contribution is -2.09. The molecule has 94 valence electrons. The molecular formula is C14H14ClNO2. The number of alkyl halides is 1. The van der Waals surface area contributed by atoms with Gasteiger partial charge in [-0.15, -0.1) is 11.6 Å². The summed E-state index contributed by atoms with van der Waals surface area (Å²) in [5.74, 6) is 1.89. The van der Waals surface area contributed by atoms with Crippen LogP contribution in [0.15, 0.2) is 48.7 Å². The number of ether oxygens (including phenoxy) is 2. The first-order valence-electron chi connectivity index (χ1n) is 5.70. The fourth-order valence-electron chi connectivity index (χ4n) is 1.40. The summed E-state index contributed by atoms with van der Waals surface area (Å²) in [6.45, 7) is 0.949. The van der Waals surface area contributed by atoms with E-state index in [9.17, 15) is 0 Å². The summed E-state index contributed by atoms with van der Waals surface area (Å²) in [6.07, 6.45) is 1.71. The van der Waals surface area contributed by atoms with Crippen molar-refractivity contribution in [1.29, 1.82) is 0 Å². The summed E-state index contributed by atoms with van der Waals surface area (Å²) >= 11 is 5.67. The molecule has 0 spiro atoms. The van der Waals surface area contributed by atoms with Crippen LogP contribution < -0.4 is 9.47 Å². The standard InChI is InChI=1S/C14H14ClNO2/c15-10-12-6-7-14(16-11-12)18-9-8-17-13-4-2-1-3-5-13/h1-7,11H,8-10H2. The van der Waals surface area contributed by atoms with E-state index < -0.39 is 0 Å². The van der Waals surface area contributed by atoms with E-state index >= 15 is 0 Å². The van der Waals surface area contributed by atoms with Crippen LogP contribution in [0.3, 0.4) is 0 Å². The van der Waals surface area contributed by atoms with Gasteiger partial charge in [0.1, 0.15) is 19.0 Å². The number of benzene rings is 1. The highest BCUT2D eigenvalue weighted by Gasteiger charge is 1.97. The number of para-hydroxylation sites is 1. The van der Waals surface area contributed by atoms with Gasteiger partial charge in [0.05, 0.1) is 0 Å². The van der Waals surface area contributed by atoms with E-state index in [1.165, 1.54) is 0 Å². The zero-order valence-corrected chi connectivity index (χ0v) is 10.6. The van der Waals surface area contributed by atoms with Crippen LogP contribution in [0, 0.1) is 0 Å². The Hall–Kier alpha value is -1.74. The van der Waals surface area contributed by atoms with Gasteiger partial charge in [0.15, 0.2) is 0 Å². The molecule has 0 saturated heterocycles. The minimum Gasteiger partial charge on any atom is -0.490 e. The maximum Gasteiger partial charge on any atom is 0.213 e. The number of hydrogen-bond donors (Lipinski definition) is 0. The van der Waals surface area contributed by atoms with E-state index in [4.69, 9.17) is 21.1 Å². The van der Waals surface area contributed by atoms with E-state index in [1.54, 1.807) is 12.3 Å². The summed E-state index contributed by atoms with van der Waals surface area (Å²) in [5.41, 5.74) is 0.976. The van der Waals surface area contributed by atoms with Crippen LogP contribution in [0.2, 0.25) is 0 Å². The molecule has 1 aromatic heterocycles. The van der Waals surface area contributed by atoms with Crippen molar-refractivity contribution in [2.24, 2.45) is 0 Å². The molecular weight excluding hydrogens is 250 g/mol. The summed E-state index contributed by atoms with van der Waals surface area (Å²) < 4.78 is 10.9. The SMILES string of the molecule is ClCc1ccc(OCCOc2ccccc2)nc1. The monoisotopic (exact) mass is 263 g/mol. The minimum atomic E-state index is 0.460. The molecule has 0 aliphatic heterocycles. The van der Waals surface area contributed by atoms with Crippen LogP contribution in [0.1, 0.15) is 5.56 Å². The minimum absolute atomic E-state index is 0.460. The van der Waals surface area contributed by atoms with E-state index in [2.05, 4.69) is 4.98 Å². The van der Waals surface area contributed by atoms with E-state index in [0.717, 1.165) is 11.3 Å². The van der Waals surface area contributed by atoms with E-state index in [-0.39, 0.29) is 0 Å². The molecule has 0 radical (unpaired) electrons. The topological polar surface area (TPSA) is 31.4 Å². The molecule has 0 atom stereocenters. The van der Waals surface area contributed by atoms with Gasteiger partial charge < -0.3 is 9.47 Å². The largest absolute Gasteiger partial charge is 0.490 e. The average Bonchev–Trinajstić information content (AvgIpc) is 2.45. The molecule has 18 heavy (non-hydrogen) atoms. The van der Waals surface area contributed by atoms with Gasteiger partial charge in [-0.25, -0.2) is 4.98 Å². The Morgan fingerprint density at radius 2 is 1.72 bits per heavy atom. The van der Waals surface area contributed by atoms with Crippen molar-refractivity contribution in [3.05, 3.63) is 54.2 Å². The number of nitrogens with zero attached hydrogens (tertiary/aromatic N) is 1. The lowest BCUT2D eigenvalue weighted by atomic mass is 10.3. The Kier molecular flexibility index (Phi) is 4.85. The number of rotatable bonds is 6. The van der Waals surface area contributed by atoms with Crippen molar-refractivity contribution in [1.82, 2.24) is 4.98 Å². The van der Waals surface area contributed by atoms with Crippen LogP contribution >= 0.6 is 11.6 Å².